The third-order valence-corrected chi connectivity index (χ3v) is 3.68. The summed E-state index contributed by atoms with van der Waals surface area (Å²) in [7, 11) is 0. The predicted molar refractivity (Wildman–Crippen MR) is 61.3 cm³/mol. The van der Waals surface area contributed by atoms with Crippen molar-refractivity contribution in [3.05, 3.63) is 0 Å². The molecular formula is C13H26O. The first kappa shape index (κ1) is 12.0. The van der Waals surface area contributed by atoms with Crippen molar-refractivity contribution in [1.29, 1.82) is 0 Å². The quantitative estimate of drug-likeness (QED) is 0.660. The minimum absolute atomic E-state index is 0.409. The lowest BCUT2D eigenvalue weighted by atomic mass is 9.92. The second kappa shape index (κ2) is 7.28. The van der Waals surface area contributed by atoms with Crippen molar-refractivity contribution in [3.63, 3.8) is 0 Å². The lowest BCUT2D eigenvalue weighted by Crippen LogP contribution is -2.08. The van der Waals surface area contributed by atoms with Gasteiger partial charge < -0.3 is 5.11 Å². The van der Waals surface area contributed by atoms with E-state index in [2.05, 4.69) is 6.92 Å². The van der Waals surface area contributed by atoms with Crippen molar-refractivity contribution >= 4 is 0 Å². The van der Waals surface area contributed by atoms with E-state index in [1.165, 1.54) is 57.8 Å². The van der Waals surface area contributed by atoms with Gasteiger partial charge in [0.1, 0.15) is 0 Å². The Morgan fingerprint density at radius 3 is 2.50 bits per heavy atom. The molecule has 0 aromatic rings. The van der Waals surface area contributed by atoms with Gasteiger partial charge in [-0.15, -0.1) is 0 Å². The molecule has 0 aromatic carbocycles. The zero-order valence-electron chi connectivity index (χ0n) is 9.67. The van der Waals surface area contributed by atoms with E-state index in [9.17, 15) is 5.11 Å². The molecule has 0 spiro atoms. The summed E-state index contributed by atoms with van der Waals surface area (Å²) in [5.41, 5.74) is 0. The minimum Gasteiger partial charge on any atom is -0.396 e. The summed E-state index contributed by atoms with van der Waals surface area (Å²) < 4.78 is 0. The van der Waals surface area contributed by atoms with E-state index < -0.39 is 0 Å². The highest BCUT2D eigenvalue weighted by atomic mass is 16.3. The molecule has 0 heterocycles. The maximum atomic E-state index is 9.23. The third kappa shape index (κ3) is 4.45. The van der Waals surface area contributed by atoms with Crippen molar-refractivity contribution < 1.29 is 5.11 Å². The van der Waals surface area contributed by atoms with Crippen molar-refractivity contribution in [1.82, 2.24) is 0 Å². The Kier molecular flexibility index (Phi) is 6.25. The molecule has 1 rings (SSSR count). The molecule has 0 aromatic heterocycles. The van der Waals surface area contributed by atoms with Crippen LogP contribution in [0.3, 0.4) is 0 Å². The molecule has 1 nitrogen and oxygen atoms in total. The molecular weight excluding hydrogens is 172 g/mol. The molecule has 1 N–H and O–H groups in total. The topological polar surface area (TPSA) is 20.2 Å². The van der Waals surface area contributed by atoms with E-state index >= 15 is 0 Å². The SMILES string of the molecule is CCCCC(CO)CCC1CCCC1. The molecule has 0 bridgehead atoms. The molecule has 1 aliphatic carbocycles. The lowest BCUT2D eigenvalue weighted by Gasteiger charge is -2.16. The summed E-state index contributed by atoms with van der Waals surface area (Å²) >= 11 is 0. The second-order valence-electron chi connectivity index (χ2n) is 4.92. The van der Waals surface area contributed by atoms with Crippen LogP contribution in [0, 0.1) is 11.8 Å². The highest BCUT2D eigenvalue weighted by Gasteiger charge is 2.16. The molecule has 1 fully saturated rings. The van der Waals surface area contributed by atoms with Gasteiger partial charge in [-0.3, -0.25) is 0 Å². The number of aliphatic hydroxyl groups is 1. The van der Waals surface area contributed by atoms with Crippen molar-refractivity contribution in [2.45, 2.75) is 64.7 Å². The molecule has 14 heavy (non-hydrogen) atoms. The fourth-order valence-corrected chi connectivity index (χ4v) is 2.59. The van der Waals surface area contributed by atoms with Crippen LogP contribution in [-0.4, -0.2) is 11.7 Å². The molecule has 0 aliphatic heterocycles. The summed E-state index contributed by atoms with van der Waals surface area (Å²) in [5, 5.41) is 9.23. The minimum atomic E-state index is 0.409. The second-order valence-corrected chi connectivity index (χ2v) is 4.92. The first-order valence-corrected chi connectivity index (χ1v) is 6.47. The summed E-state index contributed by atoms with van der Waals surface area (Å²) in [5.74, 6) is 1.58. The molecule has 1 saturated carbocycles. The zero-order chi connectivity index (χ0) is 10.2. The molecule has 1 unspecified atom stereocenters. The smallest absolute Gasteiger partial charge is 0.0459 e. The monoisotopic (exact) mass is 198 g/mol. The van der Waals surface area contributed by atoms with Gasteiger partial charge in [0.25, 0.3) is 0 Å². The molecule has 84 valence electrons. The van der Waals surface area contributed by atoms with E-state index in [1.807, 2.05) is 0 Å². The summed E-state index contributed by atoms with van der Waals surface area (Å²) in [6.07, 6.45) is 12.2. The summed E-state index contributed by atoms with van der Waals surface area (Å²) in [4.78, 5) is 0. The first-order chi connectivity index (χ1) is 6.86. The number of rotatable bonds is 7. The van der Waals surface area contributed by atoms with Gasteiger partial charge in [0.2, 0.25) is 0 Å². The number of hydrogen-bond acceptors (Lipinski definition) is 1. The maximum Gasteiger partial charge on any atom is 0.0459 e. The zero-order valence-corrected chi connectivity index (χ0v) is 9.67. The van der Waals surface area contributed by atoms with Gasteiger partial charge in [0, 0.05) is 6.61 Å². The Bertz CT molecular complexity index is 127. The van der Waals surface area contributed by atoms with Crippen LogP contribution in [-0.2, 0) is 0 Å². The Labute approximate surface area is 88.9 Å². The first-order valence-electron chi connectivity index (χ1n) is 6.47. The maximum absolute atomic E-state index is 9.23. The van der Waals surface area contributed by atoms with Crippen LogP contribution in [0.4, 0.5) is 0 Å². The van der Waals surface area contributed by atoms with Crippen LogP contribution < -0.4 is 0 Å². The number of unbranched alkanes of at least 4 members (excludes halogenated alkanes) is 1. The molecule has 0 amide bonds. The van der Waals surface area contributed by atoms with E-state index in [4.69, 9.17) is 0 Å². The van der Waals surface area contributed by atoms with E-state index in [0.717, 1.165) is 5.92 Å². The fourth-order valence-electron chi connectivity index (χ4n) is 2.59. The molecule has 1 atom stereocenters. The molecule has 1 aliphatic rings. The fraction of sp³-hybridized carbons (Fsp3) is 1.00. The highest BCUT2D eigenvalue weighted by Crippen LogP contribution is 2.30. The highest BCUT2D eigenvalue weighted by molar-refractivity contribution is 4.69. The van der Waals surface area contributed by atoms with Crippen LogP contribution in [0.2, 0.25) is 0 Å². The standard InChI is InChI=1S/C13H26O/c1-2-3-6-13(11-14)10-9-12-7-4-5-8-12/h12-14H,2-11H2,1H3. The van der Waals surface area contributed by atoms with Crippen LogP contribution in [0.5, 0.6) is 0 Å². The molecule has 0 saturated heterocycles. The Morgan fingerprint density at radius 2 is 1.93 bits per heavy atom. The Morgan fingerprint density at radius 1 is 1.21 bits per heavy atom. The van der Waals surface area contributed by atoms with Crippen LogP contribution in [0.15, 0.2) is 0 Å². The van der Waals surface area contributed by atoms with Crippen LogP contribution in [0.1, 0.15) is 64.7 Å². The van der Waals surface area contributed by atoms with Gasteiger partial charge >= 0.3 is 0 Å². The van der Waals surface area contributed by atoms with Gasteiger partial charge in [-0.2, -0.15) is 0 Å². The van der Waals surface area contributed by atoms with Gasteiger partial charge in [0.05, 0.1) is 0 Å². The van der Waals surface area contributed by atoms with Crippen molar-refractivity contribution in [2.75, 3.05) is 6.61 Å². The van der Waals surface area contributed by atoms with E-state index in [-0.39, 0.29) is 0 Å². The molecule has 1 heteroatoms. The van der Waals surface area contributed by atoms with Crippen molar-refractivity contribution in [2.24, 2.45) is 11.8 Å². The normalized spacial score (nSPS) is 20.1. The van der Waals surface area contributed by atoms with Gasteiger partial charge in [-0.1, -0.05) is 51.9 Å². The van der Waals surface area contributed by atoms with Gasteiger partial charge in [-0.05, 0) is 24.7 Å². The Balaban J connectivity index is 2.06. The average molecular weight is 198 g/mol. The van der Waals surface area contributed by atoms with Crippen LogP contribution >= 0.6 is 0 Å². The Hall–Kier alpha value is -0.0400. The van der Waals surface area contributed by atoms with E-state index in [1.54, 1.807) is 0 Å². The predicted octanol–water partition coefficient (Wildman–Crippen LogP) is 3.76. The van der Waals surface area contributed by atoms with E-state index in [0.29, 0.717) is 12.5 Å². The van der Waals surface area contributed by atoms with Crippen molar-refractivity contribution in [3.8, 4) is 0 Å². The van der Waals surface area contributed by atoms with Gasteiger partial charge in [0.15, 0.2) is 0 Å². The largest absolute Gasteiger partial charge is 0.396 e. The van der Waals surface area contributed by atoms with Gasteiger partial charge in [-0.25, -0.2) is 0 Å². The number of aliphatic hydroxyl groups excluding tert-OH is 1. The average Bonchev–Trinajstić information content (AvgIpc) is 2.71. The summed E-state index contributed by atoms with van der Waals surface area (Å²) in [6.45, 7) is 2.64. The lowest BCUT2D eigenvalue weighted by molar-refractivity contribution is 0.199. The van der Waals surface area contributed by atoms with Crippen LogP contribution in [0.25, 0.3) is 0 Å². The molecule has 0 radical (unpaired) electrons. The third-order valence-electron chi connectivity index (χ3n) is 3.68. The number of hydrogen-bond donors (Lipinski definition) is 1. The summed E-state index contributed by atoms with van der Waals surface area (Å²) in [6, 6.07) is 0.